The Morgan fingerprint density at radius 1 is 0.571 bits per heavy atom. The third-order valence-corrected chi connectivity index (χ3v) is 4.48. The maximum atomic E-state index is 6.94. The number of benzene rings is 3. The number of hydrogen-bond acceptors (Lipinski definition) is 0. The smallest absolute Gasteiger partial charge is 0 e. The molecule has 0 fully saturated rings. The molecular formula is C32H44NSiTi-6. The van der Waals surface area contributed by atoms with Gasteiger partial charge >= 0.3 is 0 Å². The Bertz CT molecular complexity index is 1030. The van der Waals surface area contributed by atoms with E-state index in [4.69, 9.17) is 5.73 Å². The van der Waals surface area contributed by atoms with Crippen LogP contribution >= 0.6 is 0 Å². The van der Waals surface area contributed by atoms with Crippen molar-refractivity contribution in [2.45, 2.75) is 33.2 Å². The molecule has 4 rings (SSSR count). The first-order chi connectivity index (χ1) is 13.8. The van der Waals surface area contributed by atoms with Crippen LogP contribution in [0.1, 0.15) is 26.3 Å². The molecule has 0 aromatic heterocycles. The summed E-state index contributed by atoms with van der Waals surface area (Å²) in [6.45, 7) is 7.77. The molecule has 35 heavy (non-hydrogen) atoms. The van der Waals surface area contributed by atoms with Gasteiger partial charge < -0.3 is 35.4 Å². The van der Waals surface area contributed by atoms with Crippen LogP contribution in [0.4, 0.5) is 0 Å². The zero-order valence-electron chi connectivity index (χ0n) is 23.2. The first kappa shape index (κ1) is 40.1. The Balaban J connectivity index is -0.000000401. The first-order valence-electron chi connectivity index (χ1n) is 10.1. The summed E-state index contributed by atoms with van der Waals surface area (Å²) in [6.07, 6.45) is 0. The molecule has 1 N–H and O–H groups in total. The molecule has 1 nitrogen and oxygen atoms in total. The van der Waals surface area contributed by atoms with Crippen molar-refractivity contribution in [3.05, 3.63) is 138 Å². The van der Waals surface area contributed by atoms with Crippen molar-refractivity contribution in [3.63, 3.8) is 0 Å². The van der Waals surface area contributed by atoms with E-state index >= 15 is 0 Å². The standard InChI is InChI=1S/C24H19.C4H10N.4CH3.H3Si.Ti/c1-18-17-22(19-11-5-2-6-12-19)24(21-15-9-4-10-16-21)23(18)20-13-7-3-8-14-20;1-4(2,3)5;;;;;;/h2-17H,1H3;5H,1-3H3;5*1H3;/q6*-1;;. The fraction of sp³-hybridized carbons (Fsp3) is 0.156. The van der Waals surface area contributed by atoms with Gasteiger partial charge in [-0.1, -0.05) is 135 Å². The van der Waals surface area contributed by atoms with Gasteiger partial charge in [0.1, 0.15) is 0 Å². The molecule has 0 aliphatic rings. The summed E-state index contributed by atoms with van der Waals surface area (Å²) in [5, 5.41) is 0. The van der Waals surface area contributed by atoms with Crippen molar-refractivity contribution in [3.8, 4) is 33.4 Å². The molecule has 0 aliphatic heterocycles. The van der Waals surface area contributed by atoms with Crippen LogP contribution in [0.2, 0.25) is 0 Å². The molecule has 0 amide bonds. The van der Waals surface area contributed by atoms with Gasteiger partial charge in [0.15, 0.2) is 0 Å². The summed E-state index contributed by atoms with van der Waals surface area (Å²) in [7, 11) is 0. The summed E-state index contributed by atoms with van der Waals surface area (Å²) in [5.41, 5.74) is 15.8. The minimum Gasteiger partial charge on any atom is -0.673 e. The normalized spacial score (nSPS) is 9.06. The molecule has 191 valence electrons. The van der Waals surface area contributed by atoms with Crippen molar-refractivity contribution in [1.29, 1.82) is 0 Å². The van der Waals surface area contributed by atoms with Crippen LogP contribution in [0.15, 0.2) is 97.1 Å². The van der Waals surface area contributed by atoms with Crippen LogP contribution in [-0.2, 0) is 21.7 Å². The SMILES string of the molecule is CC(C)(C)[NH-].Cc1[cH-]c(-c2ccccc2)c(-c2ccccc2)c1-c1ccccc1.[CH3-].[CH3-].[CH3-].[CH3-].[SiH3].[Ti]. The van der Waals surface area contributed by atoms with Crippen LogP contribution in [0, 0.1) is 36.6 Å². The first-order valence-corrected chi connectivity index (χ1v) is 10.1. The van der Waals surface area contributed by atoms with Gasteiger partial charge in [-0.25, -0.2) is 0 Å². The van der Waals surface area contributed by atoms with Gasteiger partial charge in [0, 0.05) is 21.7 Å². The van der Waals surface area contributed by atoms with Crippen molar-refractivity contribution in [1.82, 2.24) is 0 Å². The van der Waals surface area contributed by atoms with Gasteiger partial charge in [0.25, 0.3) is 0 Å². The molecule has 1 radical (unpaired) electrons. The second-order valence-electron chi connectivity index (χ2n) is 8.34. The molecular weight excluding hydrogens is 474 g/mol. The van der Waals surface area contributed by atoms with Crippen LogP contribution < -0.4 is 0 Å². The van der Waals surface area contributed by atoms with E-state index in [0.29, 0.717) is 0 Å². The topological polar surface area (TPSA) is 23.8 Å². The monoisotopic (exact) mass is 518 g/mol. The molecule has 4 aromatic rings. The van der Waals surface area contributed by atoms with Gasteiger partial charge in [-0.2, -0.15) is 0 Å². The van der Waals surface area contributed by atoms with Crippen LogP contribution in [0.3, 0.4) is 0 Å². The van der Waals surface area contributed by atoms with Gasteiger partial charge in [-0.05, 0) is 11.0 Å². The Kier molecular flexibility index (Phi) is 20.9. The van der Waals surface area contributed by atoms with Crippen LogP contribution in [0.25, 0.3) is 39.1 Å². The van der Waals surface area contributed by atoms with Gasteiger partial charge in [-0.15, -0.1) is 33.9 Å². The van der Waals surface area contributed by atoms with E-state index in [9.17, 15) is 0 Å². The molecule has 3 heteroatoms. The predicted octanol–water partition coefficient (Wildman–Crippen LogP) is 9.17. The Labute approximate surface area is 236 Å². The quantitative estimate of drug-likeness (QED) is 0.191. The second kappa shape index (κ2) is 18.2. The van der Waals surface area contributed by atoms with Gasteiger partial charge in [0.2, 0.25) is 0 Å². The number of hydrogen-bond donors (Lipinski definition) is 0. The average molecular weight is 519 g/mol. The number of aryl methyl sites for hydroxylation is 1. The van der Waals surface area contributed by atoms with Crippen molar-refractivity contribution in [2.24, 2.45) is 0 Å². The second-order valence-corrected chi connectivity index (χ2v) is 8.34. The van der Waals surface area contributed by atoms with Crippen LogP contribution in [0.5, 0.6) is 0 Å². The zero-order chi connectivity index (χ0) is 20.9. The average Bonchev–Trinajstić information content (AvgIpc) is 3.06. The Morgan fingerprint density at radius 3 is 1.20 bits per heavy atom. The zero-order valence-corrected chi connectivity index (χ0v) is 26.8. The molecule has 0 spiro atoms. The Hall–Kier alpha value is -2.10. The predicted molar refractivity (Wildman–Crippen MR) is 163 cm³/mol. The van der Waals surface area contributed by atoms with Crippen molar-refractivity contribution in [2.75, 3.05) is 0 Å². The fourth-order valence-electron chi connectivity index (χ4n) is 3.42. The summed E-state index contributed by atoms with van der Waals surface area (Å²) < 4.78 is 0. The van der Waals surface area contributed by atoms with Gasteiger partial charge in [0.05, 0.1) is 0 Å². The number of rotatable bonds is 3. The molecule has 0 aliphatic carbocycles. The van der Waals surface area contributed by atoms with Crippen molar-refractivity contribution < 1.29 is 21.7 Å². The molecule has 0 heterocycles. The third-order valence-electron chi connectivity index (χ3n) is 4.48. The maximum Gasteiger partial charge on any atom is 0 e. The minimum absolute atomic E-state index is 0. The fourth-order valence-corrected chi connectivity index (χ4v) is 3.42. The van der Waals surface area contributed by atoms with E-state index in [2.05, 4.69) is 104 Å². The summed E-state index contributed by atoms with van der Waals surface area (Å²) >= 11 is 0. The minimum atomic E-state index is -0.250. The molecule has 0 atom stereocenters. The molecule has 0 saturated carbocycles. The van der Waals surface area contributed by atoms with E-state index in [-0.39, 0.29) is 67.9 Å². The van der Waals surface area contributed by atoms with E-state index in [0.717, 1.165) is 0 Å². The van der Waals surface area contributed by atoms with Crippen molar-refractivity contribution >= 4 is 11.0 Å². The van der Waals surface area contributed by atoms with Gasteiger partial charge in [-0.3, -0.25) is 0 Å². The molecule has 0 bridgehead atoms. The maximum absolute atomic E-state index is 6.94. The van der Waals surface area contributed by atoms with E-state index in [1.54, 1.807) is 0 Å². The van der Waals surface area contributed by atoms with E-state index in [1.807, 2.05) is 20.8 Å². The Morgan fingerprint density at radius 2 is 0.857 bits per heavy atom. The van der Waals surface area contributed by atoms with Crippen LogP contribution in [-0.4, -0.2) is 16.5 Å². The molecule has 4 aromatic carbocycles. The molecule has 0 unspecified atom stereocenters. The largest absolute Gasteiger partial charge is 0.673 e. The molecule has 0 saturated heterocycles. The third kappa shape index (κ3) is 11.5. The summed E-state index contributed by atoms with van der Waals surface area (Å²) in [6, 6.07) is 34.4. The van der Waals surface area contributed by atoms with E-state index in [1.165, 1.54) is 38.9 Å². The van der Waals surface area contributed by atoms with E-state index < -0.39 is 0 Å². The number of nitrogens with one attached hydrogen (secondary N) is 1. The summed E-state index contributed by atoms with van der Waals surface area (Å²) in [5.74, 6) is 0. The summed E-state index contributed by atoms with van der Waals surface area (Å²) in [4.78, 5) is 0.